The van der Waals surface area contributed by atoms with Crippen molar-refractivity contribution in [1.82, 2.24) is 19.3 Å². The van der Waals surface area contributed by atoms with Crippen molar-refractivity contribution in [2.45, 2.75) is 141 Å². The summed E-state index contributed by atoms with van der Waals surface area (Å²) >= 11 is 3.23. The number of primary amides is 1. The summed E-state index contributed by atoms with van der Waals surface area (Å²) < 4.78 is 42.8. The monoisotopic (exact) mass is 1220 g/mol. The predicted molar refractivity (Wildman–Crippen MR) is 335 cm³/mol. The first-order chi connectivity index (χ1) is 40.5. The molecule has 16 heteroatoms. The first-order valence-electron chi connectivity index (χ1n) is 30.1. The Kier molecular flexibility index (Phi) is 23.7. The summed E-state index contributed by atoms with van der Waals surface area (Å²) in [7, 11) is 5.13. The van der Waals surface area contributed by atoms with Crippen molar-refractivity contribution < 1.29 is 47.9 Å². The maximum absolute atomic E-state index is 11.6. The van der Waals surface area contributed by atoms with Crippen LogP contribution in [-0.4, -0.2) is 141 Å². The van der Waals surface area contributed by atoms with Gasteiger partial charge in [-0.1, -0.05) is 59.1 Å². The van der Waals surface area contributed by atoms with Crippen LogP contribution >= 0.6 is 15.9 Å². The van der Waals surface area contributed by atoms with Gasteiger partial charge in [-0.25, -0.2) is 0 Å². The van der Waals surface area contributed by atoms with Crippen LogP contribution in [0.5, 0.6) is 23.0 Å². The van der Waals surface area contributed by atoms with Crippen molar-refractivity contribution in [2.75, 3.05) is 80.4 Å². The molecule has 0 aliphatic carbocycles. The maximum atomic E-state index is 11.6. The van der Waals surface area contributed by atoms with Crippen LogP contribution in [-0.2, 0) is 51.3 Å². The summed E-state index contributed by atoms with van der Waals surface area (Å²) in [6.07, 6.45) is 15.9. The maximum Gasteiger partial charge on any atom is 0.248 e. The Bertz CT molecular complexity index is 3020. The van der Waals surface area contributed by atoms with E-state index in [4.69, 9.17) is 44.0 Å². The lowest BCUT2D eigenvalue weighted by Gasteiger charge is -2.33. The van der Waals surface area contributed by atoms with Gasteiger partial charge < -0.3 is 53.5 Å². The molecule has 2 unspecified atom stereocenters. The van der Waals surface area contributed by atoms with Crippen molar-refractivity contribution >= 4 is 39.0 Å². The quantitative estimate of drug-likeness (QED) is 0.0832. The van der Waals surface area contributed by atoms with Crippen molar-refractivity contribution in [3.8, 4) is 23.0 Å². The van der Waals surface area contributed by atoms with E-state index in [1.54, 1.807) is 57.7 Å². The fourth-order valence-electron chi connectivity index (χ4n) is 12.0. The lowest BCUT2D eigenvalue weighted by atomic mass is 10.0. The van der Waals surface area contributed by atoms with Crippen LogP contribution in [0.1, 0.15) is 134 Å². The molecular formula is C68H90BrN5O10. The number of amides is 1. The Morgan fingerprint density at radius 2 is 1.14 bits per heavy atom. The van der Waals surface area contributed by atoms with E-state index in [-0.39, 0.29) is 18.1 Å². The highest BCUT2D eigenvalue weighted by Crippen LogP contribution is 2.33. The second kappa shape index (κ2) is 31.0. The van der Waals surface area contributed by atoms with E-state index in [9.17, 15) is 9.59 Å². The second-order valence-electron chi connectivity index (χ2n) is 23.6. The van der Waals surface area contributed by atoms with E-state index in [0.717, 1.165) is 103 Å². The Balaban J connectivity index is 0.000000162. The zero-order chi connectivity index (χ0) is 59.6. The second-order valence-corrected chi connectivity index (χ2v) is 24.5. The number of methoxy groups -OCH3 is 3. The third-order valence-electron chi connectivity index (χ3n) is 16.4. The normalized spacial score (nSPS) is 19.9. The number of ether oxygens (including phenoxy) is 7. The fraction of sp³-hybridized carbons (Fsp3) is 0.500. The van der Waals surface area contributed by atoms with Gasteiger partial charge >= 0.3 is 0 Å². The predicted octanol–water partition coefficient (Wildman–Crippen LogP) is 12.3. The number of likely N-dealkylation sites (tertiary alicyclic amines) is 3. The van der Waals surface area contributed by atoms with Crippen LogP contribution in [0.25, 0.3) is 10.9 Å². The summed E-state index contributed by atoms with van der Waals surface area (Å²) in [5.74, 6) is 1.66. The molecule has 6 heterocycles. The SMILES string of the molecule is COc1ccc(C=O)cc1CC1COC(C)(C)O1.COc1ccc(CN2CCCCC2)cc1CC1COC(C)(C)O1.COc1ccc(CN2CCCCC2)cc1CCN1CCC(n2ccc3ccc(C(N)=O)cc32)CC1.Oc1ccc(Br)cc1. The van der Waals surface area contributed by atoms with Crippen LogP contribution < -0.4 is 19.9 Å². The average Bonchev–Trinajstić information content (AvgIpc) is 3.47. The molecule has 5 fully saturated rings. The molecule has 2 atom stereocenters. The zero-order valence-electron chi connectivity index (χ0n) is 50.6. The number of rotatable bonds is 17. The molecule has 0 radical (unpaired) electrons. The van der Waals surface area contributed by atoms with Gasteiger partial charge in [-0.3, -0.25) is 19.4 Å². The van der Waals surface area contributed by atoms with Crippen LogP contribution in [0, 0.1) is 0 Å². The van der Waals surface area contributed by atoms with E-state index in [2.05, 4.69) is 83.9 Å². The van der Waals surface area contributed by atoms with Gasteiger partial charge in [-0.05, 0) is 205 Å². The molecule has 84 heavy (non-hydrogen) atoms. The van der Waals surface area contributed by atoms with E-state index in [1.807, 2.05) is 52.0 Å². The molecule has 5 aromatic carbocycles. The molecule has 11 rings (SSSR count). The van der Waals surface area contributed by atoms with Gasteiger partial charge in [0.2, 0.25) is 5.91 Å². The number of aldehydes is 1. The lowest BCUT2D eigenvalue weighted by molar-refractivity contribution is -0.138. The van der Waals surface area contributed by atoms with E-state index in [0.29, 0.717) is 42.6 Å². The number of hydrogen-bond acceptors (Lipinski definition) is 13. The van der Waals surface area contributed by atoms with E-state index < -0.39 is 11.6 Å². The molecular weight excluding hydrogens is 1130 g/mol. The molecule has 5 saturated heterocycles. The van der Waals surface area contributed by atoms with Gasteiger partial charge in [0.05, 0.1) is 46.8 Å². The smallest absolute Gasteiger partial charge is 0.248 e. The van der Waals surface area contributed by atoms with Crippen LogP contribution in [0.2, 0.25) is 0 Å². The van der Waals surface area contributed by atoms with Crippen LogP contribution in [0.15, 0.2) is 114 Å². The Morgan fingerprint density at radius 3 is 1.63 bits per heavy atom. The summed E-state index contributed by atoms with van der Waals surface area (Å²) in [6.45, 7) is 19.1. The summed E-state index contributed by atoms with van der Waals surface area (Å²) in [4.78, 5) is 30.2. The van der Waals surface area contributed by atoms with Crippen molar-refractivity contribution in [1.29, 1.82) is 0 Å². The number of halogens is 1. The van der Waals surface area contributed by atoms with E-state index >= 15 is 0 Å². The van der Waals surface area contributed by atoms with E-state index in [1.165, 1.54) is 87.0 Å². The van der Waals surface area contributed by atoms with Gasteiger partial charge in [0.25, 0.3) is 0 Å². The van der Waals surface area contributed by atoms with Crippen LogP contribution in [0.4, 0.5) is 0 Å². The number of phenols is 1. The number of hydrogen-bond donors (Lipinski definition) is 2. The van der Waals surface area contributed by atoms with Gasteiger partial charge in [-0.2, -0.15) is 0 Å². The van der Waals surface area contributed by atoms with Crippen molar-refractivity contribution in [3.05, 3.63) is 153 Å². The standard InChI is InChI=1S/C29H38N4O2.C19H29NO3.C14H18O4.C6H5BrO/c1-35-28-8-5-22(21-32-13-3-2-4-14-32)19-24(28)9-15-31-16-11-26(12-17-31)33-18-10-23-6-7-25(29(30)34)20-27(23)33;1-19(2)22-14-17(23-19)12-16-11-15(7-8-18(16)21-3)13-20-9-5-4-6-10-20;1-14(2)17-9-12(18-14)7-11-6-10(8-15)4-5-13(11)16-3;7-5-1-3-6(8)4-2-5/h5-8,10,18-20,26H,2-4,9,11-17,21H2,1H3,(H2,30,34);7-8,11,17H,4-6,9-10,12-14H2,1-3H3;4-6,8,12H,7,9H2,1-3H3;1-4,8H. The molecule has 5 aliphatic rings. The topological polar surface area (TPSA) is 160 Å². The number of nitrogens with two attached hydrogens (primary N) is 1. The molecule has 1 aromatic heterocycles. The number of piperidine rings is 3. The third kappa shape index (κ3) is 19.1. The number of nitrogens with zero attached hydrogens (tertiary/aromatic N) is 4. The number of fused-ring (bicyclic) bond motifs is 1. The molecule has 0 spiro atoms. The number of benzene rings is 5. The average molecular weight is 1220 g/mol. The van der Waals surface area contributed by atoms with Crippen LogP contribution in [0.3, 0.4) is 0 Å². The van der Waals surface area contributed by atoms with Gasteiger partial charge in [-0.15, -0.1) is 0 Å². The molecule has 454 valence electrons. The number of aromatic hydroxyl groups is 1. The zero-order valence-corrected chi connectivity index (χ0v) is 52.2. The Hall–Kier alpha value is -5.82. The minimum Gasteiger partial charge on any atom is -0.508 e. The third-order valence-corrected chi connectivity index (χ3v) is 16.9. The lowest BCUT2D eigenvalue weighted by Crippen LogP contribution is -2.35. The van der Waals surface area contributed by atoms with Crippen molar-refractivity contribution in [3.63, 3.8) is 0 Å². The number of carbonyl (C=O) groups excluding carboxylic acids is 2. The Morgan fingerprint density at radius 1 is 0.631 bits per heavy atom. The summed E-state index contributed by atoms with van der Waals surface area (Å²) in [5, 5.41) is 9.90. The molecule has 0 bridgehead atoms. The Labute approximate surface area is 506 Å². The highest BCUT2D eigenvalue weighted by Gasteiger charge is 2.34. The van der Waals surface area contributed by atoms with Gasteiger partial charge in [0.15, 0.2) is 11.6 Å². The molecule has 1 amide bonds. The first-order valence-corrected chi connectivity index (χ1v) is 30.9. The van der Waals surface area contributed by atoms with Crippen molar-refractivity contribution in [2.24, 2.45) is 5.73 Å². The summed E-state index contributed by atoms with van der Waals surface area (Å²) in [5.41, 5.74) is 14.1. The number of phenolic OH excluding ortho intramolecular Hbond substituents is 1. The van der Waals surface area contributed by atoms with Gasteiger partial charge in [0, 0.05) is 78.9 Å². The first kappa shape index (κ1) is 64.2. The largest absolute Gasteiger partial charge is 0.508 e. The highest BCUT2D eigenvalue weighted by atomic mass is 79.9. The molecule has 6 aromatic rings. The molecule has 0 saturated carbocycles. The molecule has 5 aliphatic heterocycles. The minimum atomic E-state index is -0.528. The number of carbonyl (C=O) groups is 2. The van der Waals surface area contributed by atoms with Gasteiger partial charge in [0.1, 0.15) is 29.3 Å². The molecule has 15 nitrogen and oxygen atoms in total. The summed E-state index contributed by atoms with van der Waals surface area (Å²) in [6, 6.07) is 33.8. The fourth-order valence-corrected chi connectivity index (χ4v) is 12.2. The number of aromatic nitrogens is 1. The molecule has 3 N–H and O–H groups in total. The highest BCUT2D eigenvalue weighted by molar-refractivity contribution is 9.10. The minimum absolute atomic E-state index is 0.00389.